The van der Waals surface area contributed by atoms with E-state index in [4.69, 9.17) is 18.9 Å². The van der Waals surface area contributed by atoms with Crippen LogP contribution in [0.5, 0.6) is 0 Å². The summed E-state index contributed by atoms with van der Waals surface area (Å²) in [7, 11) is 5.21. The highest BCUT2D eigenvalue weighted by Gasteiger charge is 2.83. The zero-order chi connectivity index (χ0) is 24.2. The van der Waals surface area contributed by atoms with Gasteiger partial charge in [0, 0.05) is 27.9 Å². The predicted octanol–water partition coefficient (Wildman–Crippen LogP) is 1.84. The number of rotatable bonds is 4. The van der Waals surface area contributed by atoms with E-state index in [-0.39, 0.29) is 34.8 Å². The summed E-state index contributed by atoms with van der Waals surface area (Å²) in [6.07, 6.45) is 9.69. The van der Waals surface area contributed by atoms with Gasteiger partial charge in [-0.05, 0) is 35.7 Å². The molecule has 7 aliphatic carbocycles. The summed E-state index contributed by atoms with van der Waals surface area (Å²) in [6, 6.07) is 0. The summed E-state index contributed by atoms with van der Waals surface area (Å²) >= 11 is 0. The molecule has 7 unspecified atom stereocenters. The van der Waals surface area contributed by atoms with E-state index in [0.717, 1.165) is 0 Å². The molecule has 7 aliphatic rings. The Bertz CT molecular complexity index is 1250. The molecule has 2 fully saturated rings. The number of ether oxygens (including phenoxy) is 4. The van der Waals surface area contributed by atoms with Gasteiger partial charge in [0.25, 0.3) is 0 Å². The second kappa shape index (κ2) is 6.58. The third-order valence-corrected chi connectivity index (χ3v) is 9.06. The lowest BCUT2D eigenvalue weighted by atomic mass is 9.51. The molecule has 176 valence electrons. The van der Waals surface area contributed by atoms with Crippen LogP contribution in [0.2, 0.25) is 0 Å². The first kappa shape index (κ1) is 21.1. The molecule has 0 aromatic heterocycles. The summed E-state index contributed by atoms with van der Waals surface area (Å²) < 4.78 is 20.7. The quantitative estimate of drug-likeness (QED) is 0.459. The maximum atomic E-state index is 13.5. The van der Waals surface area contributed by atoms with Crippen molar-refractivity contribution in [2.45, 2.75) is 6.42 Å². The van der Waals surface area contributed by atoms with E-state index < -0.39 is 40.6 Å². The van der Waals surface area contributed by atoms with Crippen molar-refractivity contribution < 1.29 is 38.1 Å². The van der Waals surface area contributed by atoms with Crippen LogP contribution in [0.4, 0.5) is 0 Å². The Morgan fingerprint density at radius 1 is 0.853 bits per heavy atom. The Balaban J connectivity index is 1.77. The predicted molar refractivity (Wildman–Crippen MR) is 115 cm³/mol. The van der Waals surface area contributed by atoms with Crippen molar-refractivity contribution in [3.05, 3.63) is 58.2 Å². The Morgan fingerprint density at radius 3 is 2.15 bits per heavy atom. The molecule has 6 bridgehead atoms. The van der Waals surface area contributed by atoms with Crippen molar-refractivity contribution >= 4 is 23.9 Å². The number of methoxy groups -OCH3 is 4. The molecule has 0 N–H and O–H groups in total. The monoisotopic (exact) mass is 464 g/mol. The summed E-state index contributed by atoms with van der Waals surface area (Å²) in [6.45, 7) is 0. The minimum atomic E-state index is -1.09. The Kier molecular flexibility index (Phi) is 4.09. The van der Waals surface area contributed by atoms with Gasteiger partial charge in [-0.15, -0.1) is 0 Å². The lowest BCUT2D eigenvalue weighted by molar-refractivity contribution is -0.142. The van der Waals surface area contributed by atoms with Crippen molar-refractivity contribution in [1.29, 1.82) is 0 Å². The highest BCUT2D eigenvalue weighted by Crippen LogP contribution is 2.86. The molecule has 0 radical (unpaired) electrons. The van der Waals surface area contributed by atoms with Crippen LogP contribution >= 0.6 is 0 Å². The number of carbonyl (C=O) groups excluding carboxylic acids is 4. The van der Waals surface area contributed by atoms with E-state index in [2.05, 4.69) is 0 Å². The second-order valence-corrected chi connectivity index (χ2v) is 9.68. The van der Waals surface area contributed by atoms with E-state index in [1.807, 2.05) is 24.3 Å². The molecule has 7 atom stereocenters. The van der Waals surface area contributed by atoms with E-state index in [9.17, 15) is 19.2 Å². The van der Waals surface area contributed by atoms with Crippen LogP contribution in [0.15, 0.2) is 58.2 Å². The van der Waals surface area contributed by atoms with E-state index in [0.29, 0.717) is 23.1 Å². The highest BCUT2D eigenvalue weighted by molar-refractivity contribution is 6.06. The lowest BCUT2D eigenvalue weighted by Gasteiger charge is -2.49. The average molecular weight is 464 g/mol. The summed E-state index contributed by atoms with van der Waals surface area (Å²) in [5.74, 6) is -2.74. The van der Waals surface area contributed by atoms with Gasteiger partial charge in [-0.1, -0.05) is 30.4 Å². The normalized spacial score (nSPS) is 39.2. The maximum Gasteiger partial charge on any atom is 0.338 e. The van der Waals surface area contributed by atoms with Crippen molar-refractivity contribution in [3.63, 3.8) is 0 Å². The zero-order valence-electron chi connectivity index (χ0n) is 19.2. The van der Waals surface area contributed by atoms with Gasteiger partial charge in [-0.3, -0.25) is 0 Å². The molecule has 2 spiro atoms. The number of hydrogen-bond acceptors (Lipinski definition) is 8. The van der Waals surface area contributed by atoms with Crippen molar-refractivity contribution in [2.24, 2.45) is 40.4 Å². The number of hydrogen-bond donors (Lipinski definition) is 0. The van der Waals surface area contributed by atoms with Gasteiger partial charge >= 0.3 is 23.9 Å². The summed E-state index contributed by atoms with van der Waals surface area (Å²) in [5, 5.41) is 0. The molecule has 0 aromatic carbocycles. The van der Waals surface area contributed by atoms with Gasteiger partial charge in [-0.25, -0.2) is 19.2 Å². The second-order valence-electron chi connectivity index (χ2n) is 9.68. The van der Waals surface area contributed by atoms with Gasteiger partial charge in [0.1, 0.15) is 0 Å². The van der Waals surface area contributed by atoms with Gasteiger partial charge in [0.2, 0.25) is 0 Å². The number of allylic oxidation sites excluding steroid dienone is 5. The SMILES string of the molecule is COC(=O)C1=CC2C3C4CC25C(C(=O)OC)=C(C(=O)OC)C=CC2C=CC(=C(C(=O)OC)C43)C125. The molecule has 0 saturated heterocycles. The van der Waals surface area contributed by atoms with Crippen LogP contribution in [0, 0.1) is 40.4 Å². The molecule has 0 heterocycles. The first-order valence-electron chi connectivity index (χ1n) is 11.3. The lowest BCUT2D eigenvalue weighted by Crippen LogP contribution is -2.50. The standard InChI is InChI=1S/C26H24O8/c1-31-21(27)12-7-5-11-6-8-14-19(23(29)33-3)18-13-10-25(20(12)24(30)34-4)15(17(13)18)9-16(22(28)32-2)26(11,14)25/h5-9,11,13,15,17-18H,10H2,1-4H3. The van der Waals surface area contributed by atoms with Crippen LogP contribution in [0.1, 0.15) is 6.42 Å². The topological polar surface area (TPSA) is 105 Å². The number of carbonyl (C=O) groups is 4. The van der Waals surface area contributed by atoms with Crippen LogP contribution in [0.25, 0.3) is 0 Å². The van der Waals surface area contributed by atoms with E-state index in [1.165, 1.54) is 28.4 Å². The average Bonchev–Trinajstić information content (AvgIpc) is 3.16. The number of esters is 4. The fraction of sp³-hybridized carbons (Fsp3) is 0.462. The molecule has 34 heavy (non-hydrogen) atoms. The molecule has 0 aromatic rings. The van der Waals surface area contributed by atoms with Gasteiger partial charge in [-0.2, -0.15) is 0 Å². The van der Waals surface area contributed by atoms with Gasteiger partial charge < -0.3 is 18.9 Å². The van der Waals surface area contributed by atoms with Crippen molar-refractivity contribution in [1.82, 2.24) is 0 Å². The smallest absolute Gasteiger partial charge is 0.338 e. The molecule has 0 aliphatic heterocycles. The van der Waals surface area contributed by atoms with Gasteiger partial charge in [0.05, 0.1) is 39.6 Å². The first-order chi connectivity index (χ1) is 16.3. The van der Waals surface area contributed by atoms with Crippen LogP contribution < -0.4 is 0 Å². The fourth-order valence-electron chi connectivity index (χ4n) is 8.19. The minimum absolute atomic E-state index is 0.0230. The molecule has 8 nitrogen and oxygen atoms in total. The minimum Gasteiger partial charge on any atom is -0.466 e. The third kappa shape index (κ3) is 1.99. The van der Waals surface area contributed by atoms with E-state index >= 15 is 0 Å². The fourth-order valence-corrected chi connectivity index (χ4v) is 8.19. The van der Waals surface area contributed by atoms with Crippen molar-refractivity contribution in [2.75, 3.05) is 28.4 Å². The molecule has 8 heteroatoms. The van der Waals surface area contributed by atoms with Gasteiger partial charge in [0.15, 0.2) is 0 Å². The van der Waals surface area contributed by atoms with Crippen LogP contribution in [-0.4, -0.2) is 52.3 Å². The summed E-state index contributed by atoms with van der Waals surface area (Å²) in [4.78, 5) is 52.9. The Hall–Kier alpha value is -3.42. The molecule has 2 saturated carbocycles. The third-order valence-electron chi connectivity index (χ3n) is 9.06. The molecule has 7 rings (SSSR count). The van der Waals surface area contributed by atoms with Crippen molar-refractivity contribution in [3.8, 4) is 0 Å². The zero-order valence-corrected chi connectivity index (χ0v) is 19.2. The van der Waals surface area contributed by atoms with Crippen LogP contribution in [0.3, 0.4) is 0 Å². The van der Waals surface area contributed by atoms with Crippen LogP contribution in [-0.2, 0) is 38.1 Å². The summed E-state index contributed by atoms with van der Waals surface area (Å²) in [5.41, 5.74) is -0.0852. The molecular formula is C26H24O8. The van der Waals surface area contributed by atoms with E-state index in [1.54, 1.807) is 6.08 Å². The Morgan fingerprint density at radius 2 is 1.50 bits per heavy atom. The largest absolute Gasteiger partial charge is 0.466 e. The highest BCUT2D eigenvalue weighted by atomic mass is 16.5. The molecule has 0 amide bonds. The first-order valence-corrected chi connectivity index (χ1v) is 11.3. The Labute approximate surface area is 195 Å². The maximum absolute atomic E-state index is 13.5. The molecular weight excluding hydrogens is 440 g/mol.